The Balaban J connectivity index is 2.11. The molecule has 0 spiro atoms. The first-order valence-corrected chi connectivity index (χ1v) is 7.88. The van der Waals surface area contributed by atoms with E-state index >= 15 is 0 Å². The molecule has 2 rings (SSSR count). The predicted molar refractivity (Wildman–Crippen MR) is 78.7 cm³/mol. The van der Waals surface area contributed by atoms with Crippen molar-refractivity contribution in [3.05, 3.63) is 0 Å². The number of hydrogen-bond acceptors (Lipinski definition) is 2. The van der Waals surface area contributed by atoms with E-state index in [0.29, 0.717) is 6.04 Å². The molecule has 106 valence electrons. The van der Waals surface area contributed by atoms with E-state index in [9.17, 15) is 0 Å². The third-order valence-corrected chi connectivity index (χ3v) is 5.30. The molecule has 2 heterocycles. The van der Waals surface area contributed by atoms with Crippen LogP contribution in [0, 0.1) is 23.7 Å². The molecule has 0 aromatic carbocycles. The number of likely N-dealkylation sites (tertiary alicyclic amines) is 2. The minimum Gasteiger partial charge on any atom is -0.300 e. The molecule has 2 saturated heterocycles. The molecule has 0 aliphatic carbocycles. The van der Waals surface area contributed by atoms with Crippen LogP contribution in [-0.4, -0.2) is 48.1 Å². The van der Waals surface area contributed by atoms with E-state index in [4.69, 9.17) is 0 Å². The van der Waals surface area contributed by atoms with Crippen LogP contribution in [0.25, 0.3) is 0 Å². The maximum atomic E-state index is 2.72. The Morgan fingerprint density at radius 2 is 1.22 bits per heavy atom. The van der Waals surface area contributed by atoms with E-state index in [-0.39, 0.29) is 0 Å². The molecular weight excluding hydrogens is 220 g/mol. The number of fused-ring (bicyclic) bond motifs is 1. The molecule has 2 aliphatic heterocycles. The van der Waals surface area contributed by atoms with Gasteiger partial charge in [0.2, 0.25) is 0 Å². The molecule has 18 heavy (non-hydrogen) atoms. The fourth-order valence-corrected chi connectivity index (χ4v) is 3.94. The second-order valence-electron chi connectivity index (χ2n) is 7.43. The maximum Gasteiger partial charge on any atom is 0.00388 e. The Hall–Kier alpha value is -0.0800. The van der Waals surface area contributed by atoms with Crippen LogP contribution < -0.4 is 0 Å². The van der Waals surface area contributed by atoms with Gasteiger partial charge in [0.05, 0.1) is 0 Å². The largest absolute Gasteiger partial charge is 0.300 e. The van der Waals surface area contributed by atoms with Crippen LogP contribution in [0.3, 0.4) is 0 Å². The van der Waals surface area contributed by atoms with Crippen LogP contribution in [0.2, 0.25) is 0 Å². The second-order valence-corrected chi connectivity index (χ2v) is 7.43. The summed E-state index contributed by atoms with van der Waals surface area (Å²) >= 11 is 0. The zero-order valence-electron chi connectivity index (χ0n) is 13.2. The first kappa shape index (κ1) is 14.3. The van der Waals surface area contributed by atoms with Gasteiger partial charge >= 0.3 is 0 Å². The average molecular weight is 252 g/mol. The van der Waals surface area contributed by atoms with Crippen molar-refractivity contribution < 1.29 is 0 Å². The Bertz CT molecular complexity index is 272. The Kier molecular flexibility index (Phi) is 4.38. The number of hydrogen-bond donors (Lipinski definition) is 0. The summed E-state index contributed by atoms with van der Waals surface area (Å²) in [7, 11) is 0. The van der Waals surface area contributed by atoms with E-state index in [0.717, 1.165) is 29.7 Å². The van der Waals surface area contributed by atoms with E-state index in [1.54, 1.807) is 0 Å². The fraction of sp³-hybridized carbons (Fsp3) is 1.00. The van der Waals surface area contributed by atoms with Gasteiger partial charge in [-0.1, -0.05) is 13.8 Å². The molecule has 2 fully saturated rings. The SMILES string of the molecule is CC(C)[C@H]1CN(C(C)C)C[C@H]2CN(C(C)C)C[C@@H]21. The fourth-order valence-electron chi connectivity index (χ4n) is 3.94. The maximum absolute atomic E-state index is 2.72. The lowest BCUT2D eigenvalue weighted by Gasteiger charge is -2.44. The minimum atomic E-state index is 0.709. The molecule has 0 unspecified atom stereocenters. The summed E-state index contributed by atoms with van der Waals surface area (Å²) in [5.41, 5.74) is 0. The molecule has 0 saturated carbocycles. The number of nitrogens with zero attached hydrogens (tertiary/aromatic N) is 2. The zero-order chi connectivity index (χ0) is 13.4. The Morgan fingerprint density at radius 3 is 1.67 bits per heavy atom. The lowest BCUT2D eigenvalue weighted by atomic mass is 9.74. The molecule has 0 aromatic heterocycles. The van der Waals surface area contributed by atoms with Crippen molar-refractivity contribution in [2.24, 2.45) is 23.7 Å². The highest BCUT2D eigenvalue weighted by Gasteiger charge is 2.44. The zero-order valence-corrected chi connectivity index (χ0v) is 13.2. The van der Waals surface area contributed by atoms with E-state index in [1.165, 1.54) is 26.2 Å². The molecule has 2 nitrogen and oxygen atoms in total. The standard InChI is InChI=1S/C16H32N2/c1-11(2)15-9-17(12(3)4)7-14-8-18(13(5)6)10-16(14)15/h11-16H,7-10H2,1-6H3/t14-,15+,16-/m0/s1. The number of rotatable bonds is 3. The molecular formula is C16H32N2. The van der Waals surface area contributed by atoms with Gasteiger partial charge in [-0.2, -0.15) is 0 Å². The average Bonchev–Trinajstić information content (AvgIpc) is 2.70. The summed E-state index contributed by atoms with van der Waals surface area (Å²) < 4.78 is 0. The summed E-state index contributed by atoms with van der Waals surface area (Å²) in [4.78, 5) is 5.42. The van der Waals surface area contributed by atoms with Crippen molar-refractivity contribution in [2.45, 2.75) is 53.6 Å². The van der Waals surface area contributed by atoms with Crippen LogP contribution in [0.1, 0.15) is 41.5 Å². The van der Waals surface area contributed by atoms with Crippen LogP contribution in [0.15, 0.2) is 0 Å². The monoisotopic (exact) mass is 252 g/mol. The first-order chi connectivity index (χ1) is 8.40. The third kappa shape index (κ3) is 2.75. The van der Waals surface area contributed by atoms with E-state index in [1.807, 2.05) is 0 Å². The van der Waals surface area contributed by atoms with Crippen LogP contribution in [-0.2, 0) is 0 Å². The van der Waals surface area contributed by atoms with Gasteiger partial charge < -0.3 is 9.80 Å². The van der Waals surface area contributed by atoms with Gasteiger partial charge in [0.1, 0.15) is 0 Å². The molecule has 0 N–H and O–H groups in total. The Morgan fingerprint density at radius 1 is 0.722 bits per heavy atom. The van der Waals surface area contributed by atoms with Gasteiger partial charge in [-0.3, -0.25) is 0 Å². The van der Waals surface area contributed by atoms with Crippen molar-refractivity contribution in [3.8, 4) is 0 Å². The van der Waals surface area contributed by atoms with Gasteiger partial charge in [-0.15, -0.1) is 0 Å². The smallest absolute Gasteiger partial charge is 0.00388 e. The molecule has 2 heteroatoms. The first-order valence-electron chi connectivity index (χ1n) is 7.88. The summed E-state index contributed by atoms with van der Waals surface area (Å²) in [5.74, 6) is 3.58. The highest BCUT2D eigenvalue weighted by atomic mass is 15.2. The van der Waals surface area contributed by atoms with Crippen molar-refractivity contribution in [1.29, 1.82) is 0 Å². The number of piperidine rings is 1. The van der Waals surface area contributed by atoms with E-state index in [2.05, 4.69) is 51.3 Å². The van der Waals surface area contributed by atoms with Crippen LogP contribution >= 0.6 is 0 Å². The highest BCUT2D eigenvalue weighted by Crippen LogP contribution is 2.39. The quantitative estimate of drug-likeness (QED) is 0.762. The van der Waals surface area contributed by atoms with Crippen molar-refractivity contribution >= 4 is 0 Å². The van der Waals surface area contributed by atoms with Crippen LogP contribution in [0.5, 0.6) is 0 Å². The van der Waals surface area contributed by atoms with Crippen molar-refractivity contribution in [2.75, 3.05) is 26.2 Å². The highest BCUT2D eigenvalue weighted by molar-refractivity contribution is 4.96. The summed E-state index contributed by atoms with van der Waals surface area (Å²) in [6, 6.07) is 1.43. The van der Waals surface area contributed by atoms with Gasteiger partial charge in [0.25, 0.3) is 0 Å². The third-order valence-electron chi connectivity index (χ3n) is 5.30. The molecule has 0 bridgehead atoms. The molecule has 3 atom stereocenters. The second kappa shape index (κ2) is 5.50. The Labute approximate surface area is 114 Å². The van der Waals surface area contributed by atoms with E-state index < -0.39 is 0 Å². The summed E-state index contributed by atoms with van der Waals surface area (Å²) in [5, 5.41) is 0. The lowest BCUT2D eigenvalue weighted by molar-refractivity contribution is 0.0439. The van der Waals surface area contributed by atoms with Gasteiger partial charge in [0.15, 0.2) is 0 Å². The predicted octanol–water partition coefficient (Wildman–Crippen LogP) is 2.94. The molecule has 0 aromatic rings. The molecule has 0 radical (unpaired) electrons. The molecule has 0 amide bonds. The minimum absolute atomic E-state index is 0.709. The van der Waals surface area contributed by atoms with Gasteiger partial charge in [-0.25, -0.2) is 0 Å². The normalized spacial score (nSPS) is 34.8. The van der Waals surface area contributed by atoms with Crippen molar-refractivity contribution in [3.63, 3.8) is 0 Å². The summed E-state index contributed by atoms with van der Waals surface area (Å²) in [6.45, 7) is 19.6. The van der Waals surface area contributed by atoms with Gasteiger partial charge in [0, 0.05) is 38.3 Å². The lowest BCUT2D eigenvalue weighted by Crippen LogP contribution is -2.50. The van der Waals surface area contributed by atoms with Crippen molar-refractivity contribution in [1.82, 2.24) is 9.80 Å². The summed E-state index contributed by atoms with van der Waals surface area (Å²) in [6.07, 6.45) is 0. The topological polar surface area (TPSA) is 6.48 Å². The van der Waals surface area contributed by atoms with Gasteiger partial charge in [-0.05, 0) is 51.4 Å². The van der Waals surface area contributed by atoms with Crippen LogP contribution in [0.4, 0.5) is 0 Å². The molecule has 2 aliphatic rings.